The fourth-order valence-electron chi connectivity index (χ4n) is 1.76. The lowest BCUT2D eigenvalue weighted by Gasteiger charge is -2.18. The van der Waals surface area contributed by atoms with Gasteiger partial charge in [-0.05, 0) is 26.7 Å². The molecule has 0 aromatic carbocycles. The summed E-state index contributed by atoms with van der Waals surface area (Å²) < 4.78 is 0. The number of rotatable bonds is 9. The second-order valence-corrected chi connectivity index (χ2v) is 4.73. The molecule has 0 aliphatic rings. The summed E-state index contributed by atoms with van der Waals surface area (Å²) in [4.78, 5) is 11.5. The average Bonchev–Trinajstić information content (AvgIpc) is 2.21. The highest BCUT2D eigenvalue weighted by Gasteiger charge is 2.09. The summed E-state index contributed by atoms with van der Waals surface area (Å²) in [6, 6.07) is 0.734. The van der Waals surface area contributed by atoms with Crippen LogP contribution >= 0.6 is 0 Å². The van der Waals surface area contributed by atoms with Crippen LogP contribution in [0.25, 0.3) is 0 Å². The highest BCUT2D eigenvalue weighted by atomic mass is 16.1. The Hall–Kier alpha value is -0.570. The van der Waals surface area contributed by atoms with Gasteiger partial charge < -0.3 is 10.6 Å². The first-order valence-electron chi connectivity index (χ1n) is 6.62. The molecule has 0 heterocycles. The van der Waals surface area contributed by atoms with Crippen LogP contribution in [0.15, 0.2) is 0 Å². The molecule has 1 atom stereocenters. The van der Waals surface area contributed by atoms with Gasteiger partial charge in [-0.15, -0.1) is 0 Å². The van der Waals surface area contributed by atoms with E-state index in [-0.39, 0.29) is 11.9 Å². The van der Waals surface area contributed by atoms with E-state index >= 15 is 0 Å². The molecule has 96 valence electrons. The summed E-state index contributed by atoms with van der Waals surface area (Å²) in [6.07, 6.45) is 5.98. The van der Waals surface area contributed by atoms with E-state index in [1.165, 1.54) is 25.7 Å². The van der Waals surface area contributed by atoms with Crippen LogP contribution in [0.2, 0.25) is 0 Å². The third-order valence-corrected chi connectivity index (χ3v) is 2.54. The van der Waals surface area contributed by atoms with E-state index in [1.54, 1.807) is 0 Å². The summed E-state index contributed by atoms with van der Waals surface area (Å²) in [5.41, 5.74) is 0. The molecular weight excluding hydrogens is 200 g/mol. The maximum atomic E-state index is 11.5. The van der Waals surface area contributed by atoms with Crippen LogP contribution in [-0.4, -0.2) is 24.5 Å². The van der Waals surface area contributed by atoms with Crippen molar-refractivity contribution in [2.45, 2.75) is 71.9 Å². The van der Waals surface area contributed by atoms with Crippen LogP contribution in [0, 0.1) is 0 Å². The highest BCUT2D eigenvalue weighted by Crippen LogP contribution is 2.06. The molecule has 0 bridgehead atoms. The number of hydrogen-bond donors (Lipinski definition) is 2. The topological polar surface area (TPSA) is 41.1 Å². The lowest BCUT2D eigenvalue weighted by atomic mass is 10.1. The molecule has 0 fully saturated rings. The fraction of sp³-hybridized carbons (Fsp3) is 0.923. The Labute approximate surface area is 100 Å². The van der Waals surface area contributed by atoms with Crippen molar-refractivity contribution in [2.75, 3.05) is 6.54 Å². The number of nitrogens with one attached hydrogen (secondary N) is 2. The van der Waals surface area contributed by atoms with Gasteiger partial charge in [-0.25, -0.2) is 0 Å². The first-order valence-corrected chi connectivity index (χ1v) is 6.62. The van der Waals surface area contributed by atoms with Crippen molar-refractivity contribution in [3.8, 4) is 0 Å². The maximum Gasteiger partial charge on any atom is 0.234 e. The second-order valence-electron chi connectivity index (χ2n) is 4.73. The van der Waals surface area contributed by atoms with Gasteiger partial charge in [-0.2, -0.15) is 0 Å². The van der Waals surface area contributed by atoms with Crippen molar-refractivity contribution in [2.24, 2.45) is 0 Å². The molecule has 0 aromatic rings. The number of amides is 1. The summed E-state index contributed by atoms with van der Waals surface area (Å²) in [5.74, 6) is 0.104. The minimum Gasteiger partial charge on any atom is -0.353 e. The molecule has 1 unspecified atom stereocenters. The van der Waals surface area contributed by atoms with E-state index in [4.69, 9.17) is 0 Å². The highest BCUT2D eigenvalue weighted by molar-refractivity contribution is 5.78. The Kier molecular flexibility index (Phi) is 9.30. The van der Waals surface area contributed by atoms with Crippen LogP contribution in [0.5, 0.6) is 0 Å². The first kappa shape index (κ1) is 15.4. The SMILES string of the molecule is CCCCC(CCC)NCC(=O)NC(C)C. The summed E-state index contributed by atoms with van der Waals surface area (Å²) in [5, 5.41) is 6.24. The summed E-state index contributed by atoms with van der Waals surface area (Å²) >= 11 is 0. The summed E-state index contributed by atoms with van der Waals surface area (Å²) in [7, 11) is 0. The Morgan fingerprint density at radius 3 is 2.31 bits per heavy atom. The van der Waals surface area contributed by atoms with E-state index in [1.807, 2.05) is 13.8 Å². The van der Waals surface area contributed by atoms with Gasteiger partial charge >= 0.3 is 0 Å². The predicted octanol–water partition coefficient (Wildman–Crippen LogP) is 2.46. The smallest absolute Gasteiger partial charge is 0.234 e. The largest absolute Gasteiger partial charge is 0.353 e. The molecule has 3 nitrogen and oxygen atoms in total. The molecule has 3 heteroatoms. The molecule has 0 aromatic heterocycles. The molecule has 1 amide bonds. The molecule has 0 aliphatic heterocycles. The van der Waals surface area contributed by atoms with Gasteiger partial charge in [-0.1, -0.05) is 33.1 Å². The van der Waals surface area contributed by atoms with E-state index in [0.717, 1.165) is 6.42 Å². The van der Waals surface area contributed by atoms with Crippen molar-refractivity contribution in [3.63, 3.8) is 0 Å². The third kappa shape index (κ3) is 8.72. The van der Waals surface area contributed by atoms with E-state index in [2.05, 4.69) is 24.5 Å². The maximum absolute atomic E-state index is 11.5. The zero-order valence-electron chi connectivity index (χ0n) is 11.3. The van der Waals surface area contributed by atoms with Crippen molar-refractivity contribution in [1.29, 1.82) is 0 Å². The molecule has 16 heavy (non-hydrogen) atoms. The van der Waals surface area contributed by atoms with Crippen LogP contribution in [-0.2, 0) is 4.79 Å². The number of carbonyl (C=O) groups is 1. The average molecular weight is 228 g/mol. The number of carbonyl (C=O) groups excluding carboxylic acids is 1. The van der Waals surface area contributed by atoms with Gasteiger partial charge in [0.2, 0.25) is 5.91 Å². The van der Waals surface area contributed by atoms with Gasteiger partial charge in [0.15, 0.2) is 0 Å². The monoisotopic (exact) mass is 228 g/mol. The minimum atomic E-state index is 0.104. The van der Waals surface area contributed by atoms with Crippen LogP contribution in [0.1, 0.15) is 59.8 Å². The Bertz CT molecular complexity index is 181. The Morgan fingerprint density at radius 1 is 1.12 bits per heavy atom. The molecule has 0 radical (unpaired) electrons. The standard InChI is InChI=1S/C13H28N2O/c1-5-7-9-12(8-6-2)14-10-13(16)15-11(3)4/h11-12,14H,5-10H2,1-4H3,(H,15,16). The second kappa shape index (κ2) is 9.64. The lowest BCUT2D eigenvalue weighted by Crippen LogP contribution is -2.41. The zero-order valence-corrected chi connectivity index (χ0v) is 11.3. The van der Waals surface area contributed by atoms with Crippen LogP contribution in [0.4, 0.5) is 0 Å². The Balaban J connectivity index is 3.77. The van der Waals surface area contributed by atoms with Crippen molar-refractivity contribution in [3.05, 3.63) is 0 Å². The summed E-state index contributed by atoms with van der Waals surface area (Å²) in [6.45, 7) is 8.81. The van der Waals surface area contributed by atoms with E-state index < -0.39 is 0 Å². The van der Waals surface area contributed by atoms with Gasteiger partial charge in [-0.3, -0.25) is 4.79 Å². The third-order valence-electron chi connectivity index (χ3n) is 2.54. The number of hydrogen-bond acceptors (Lipinski definition) is 2. The molecule has 0 saturated heterocycles. The van der Waals surface area contributed by atoms with Crippen molar-refractivity contribution in [1.82, 2.24) is 10.6 Å². The van der Waals surface area contributed by atoms with Crippen LogP contribution < -0.4 is 10.6 Å². The predicted molar refractivity (Wildman–Crippen MR) is 69.5 cm³/mol. The van der Waals surface area contributed by atoms with E-state index in [9.17, 15) is 4.79 Å². The van der Waals surface area contributed by atoms with Gasteiger partial charge in [0.05, 0.1) is 6.54 Å². The van der Waals surface area contributed by atoms with Gasteiger partial charge in [0.25, 0.3) is 0 Å². The van der Waals surface area contributed by atoms with Crippen molar-refractivity contribution >= 4 is 5.91 Å². The minimum absolute atomic E-state index is 0.104. The quantitative estimate of drug-likeness (QED) is 0.636. The molecule has 0 aliphatic carbocycles. The molecule has 0 rings (SSSR count). The molecule has 2 N–H and O–H groups in total. The van der Waals surface area contributed by atoms with Gasteiger partial charge in [0.1, 0.15) is 0 Å². The van der Waals surface area contributed by atoms with Gasteiger partial charge in [0, 0.05) is 12.1 Å². The first-order chi connectivity index (χ1) is 7.60. The fourth-order valence-corrected chi connectivity index (χ4v) is 1.76. The number of unbranched alkanes of at least 4 members (excludes halogenated alkanes) is 1. The molecule has 0 saturated carbocycles. The van der Waals surface area contributed by atoms with Crippen molar-refractivity contribution < 1.29 is 4.79 Å². The molecule has 0 spiro atoms. The lowest BCUT2D eigenvalue weighted by molar-refractivity contribution is -0.120. The van der Waals surface area contributed by atoms with E-state index in [0.29, 0.717) is 12.6 Å². The zero-order chi connectivity index (χ0) is 12.4. The van der Waals surface area contributed by atoms with Crippen LogP contribution in [0.3, 0.4) is 0 Å². The Morgan fingerprint density at radius 2 is 1.81 bits per heavy atom. The normalized spacial score (nSPS) is 12.8. The molecular formula is C13H28N2O.